The lowest BCUT2D eigenvalue weighted by Crippen LogP contribution is -2.57. The summed E-state index contributed by atoms with van der Waals surface area (Å²) in [7, 11) is 0. The van der Waals surface area contributed by atoms with Gasteiger partial charge >= 0.3 is 6.18 Å². The van der Waals surface area contributed by atoms with E-state index in [9.17, 15) is 36.3 Å². The molecule has 0 radical (unpaired) electrons. The Morgan fingerprint density at radius 3 is 2.23 bits per heavy atom. The number of benzene rings is 2. The quantitative estimate of drug-likeness (QED) is 0.239. The number of alkyl halides is 3. The predicted molar refractivity (Wildman–Crippen MR) is 143 cm³/mol. The first-order valence-corrected chi connectivity index (χ1v) is 13.3. The van der Waals surface area contributed by atoms with Crippen molar-refractivity contribution in [2.75, 3.05) is 18.0 Å². The molecule has 0 saturated carbocycles. The number of rotatable bonds is 4. The van der Waals surface area contributed by atoms with Crippen molar-refractivity contribution in [2.24, 2.45) is 0 Å². The lowest BCUT2D eigenvalue weighted by molar-refractivity contribution is -0.140. The molecular weight excluding hydrogens is 573 g/mol. The van der Waals surface area contributed by atoms with E-state index < -0.39 is 40.7 Å². The number of likely N-dealkylation sites (tertiary alicyclic amines) is 1. The van der Waals surface area contributed by atoms with Crippen molar-refractivity contribution < 1.29 is 36.3 Å². The molecule has 4 heterocycles. The maximum absolute atomic E-state index is 14.5. The Morgan fingerprint density at radius 1 is 0.907 bits per heavy atom. The maximum atomic E-state index is 14.5. The molecule has 2 aliphatic heterocycles. The van der Waals surface area contributed by atoms with Crippen LogP contribution in [0, 0.1) is 11.6 Å². The van der Waals surface area contributed by atoms with Crippen LogP contribution in [0.1, 0.15) is 35.3 Å². The number of hydrogen-bond donors (Lipinski definition) is 0. The summed E-state index contributed by atoms with van der Waals surface area (Å²) in [5.74, 6) is -3.17. The van der Waals surface area contributed by atoms with Crippen LogP contribution in [0.3, 0.4) is 0 Å². The average molecular weight is 596 g/mol. The van der Waals surface area contributed by atoms with Crippen molar-refractivity contribution in [2.45, 2.75) is 31.0 Å². The van der Waals surface area contributed by atoms with E-state index in [1.54, 1.807) is 12.1 Å². The van der Waals surface area contributed by atoms with Gasteiger partial charge in [-0.1, -0.05) is 0 Å². The number of nitrogens with zero attached hydrogens (tertiary/aromatic N) is 5. The number of pyridine rings is 1. The molecule has 0 atom stereocenters. The van der Waals surface area contributed by atoms with E-state index in [0.29, 0.717) is 29.1 Å². The Morgan fingerprint density at radius 2 is 1.60 bits per heavy atom. The number of ketones is 1. The van der Waals surface area contributed by atoms with Gasteiger partial charge in [-0.2, -0.15) is 18.3 Å². The number of anilines is 1. The Labute approximate surface area is 241 Å². The fourth-order valence-corrected chi connectivity index (χ4v) is 5.74. The van der Waals surface area contributed by atoms with Gasteiger partial charge in [0.25, 0.3) is 5.91 Å². The number of amides is 2. The van der Waals surface area contributed by atoms with E-state index in [1.807, 2.05) is 0 Å². The molecule has 8 nitrogen and oxygen atoms in total. The third kappa shape index (κ3) is 4.94. The summed E-state index contributed by atoms with van der Waals surface area (Å²) in [6.45, 7) is 0.194. The fourth-order valence-electron chi connectivity index (χ4n) is 5.74. The molecule has 2 fully saturated rings. The molecule has 2 aromatic heterocycles. The molecule has 0 N–H and O–H groups in total. The van der Waals surface area contributed by atoms with Crippen LogP contribution in [0.15, 0.2) is 73.1 Å². The van der Waals surface area contributed by atoms with Crippen molar-refractivity contribution in [1.82, 2.24) is 19.7 Å². The van der Waals surface area contributed by atoms with Gasteiger partial charge in [-0.15, -0.1) is 0 Å². The van der Waals surface area contributed by atoms with E-state index in [2.05, 4.69) is 10.1 Å². The van der Waals surface area contributed by atoms with E-state index in [0.717, 1.165) is 6.07 Å². The Balaban J connectivity index is 1.30. The van der Waals surface area contributed by atoms with Crippen LogP contribution < -0.4 is 4.90 Å². The van der Waals surface area contributed by atoms with Gasteiger partial charge in [0.05, 0.1) is 23.4 Å². The molecule has 2 saturated heterocycles. The molecular formula is C30H22F5N5O3. The number of halogens is 5. The minimum Gasteiger partial charge on any atom is -0.337 e. The van der Waals surface area contributed by atoms with Gasteiger partial charge in [-0.05, 0) is 67.4 Å². The van der Waals surface area contributed by atoms with Gasteiger partial charge < -0.3 is 4.90 Å². The van der Waals surface area contributed by atoms with E-state index in [-0.39, 0.29) is 49.5 Å². The van der Waals surface area contributed by atoms with Crippen molar-refractivity contribution in [3.63, 3.8) is 0 Å². The van der Waals surface area contributed by atoms with Crippen LogP contribution in [0.2, 0.25) is 0 Å². The first-order valence-electron chi connectivity index (χ1n) is 13.3. The second-order valence-electron chi connectivity index (χ2n) is 10.4. The zero-order valence-electron chi connectivity index (χ0n) is 22.3. The van der Waals surface area contributed by atoms with Crippen LogP contribution in [0.25, 0.3) is 16.9 Å². The smallest absolute Gasteiger partial charge is 0.337 e. The van der Waals surface area contributed by atoms with Crippen molar-refractivity contribution >= 4 is 23.3 Å². The van der Waals surface area contributed by atoms with Crippen molar-refractivity contribution in [3.05, 3.63) is 95.9 Å². The minimum atomic E-state index is -4.89. The monoisotopic (exact) mass is 595 g/mol. The highest BCUT2D eigenvalue weighted by atomic mass is 19.4. The number of carbonyl (C=O) groups excluding carboxylic acids is 3. The summed E-state index contributed by atoms with van der Waals surface area (Å²) < 4.78 is 68.6. The van der Waals surface area contributed by atoms with Gasteiger partial charge in [0.1, 0.15) is 17.2 Å². The fraction of sp³-hybridized carbons (Fsp3) is 0.233. The maximum Gasteiger partial charge on any atom is 0.419 e. The number of hydrogen-bond acceptors (Lipinski definition) is 5. The molecule has 0 bridgehead atoms. The number of aromatic nitrogens is 3. The van der Waals surface area contributed by atoms with Crippen molar-refractivity contribution in [3.8, 4) is 16.9 Å². The topological polar surface area (TPSA) is 88.4 Å². The zero-order chi connectivity index (χ0) is 30.5. The molecule has 4 aromatic rings. The molecule has 43 heavy (non-hydrogen) atoms. The summed E-state index contributed by atoms with van der Waals surface area (Å²) in [5.41, 5.74) is -1.53. The first-order chi connectivity index (χ1) is 20.5. The van der Waals surface area contributed by atoms with Crippen LogP contribution >= 0.6 is 0 Å². The molecule has 220 valence electrons. The SMILES string of the molecule is O=C(c1cc(-c2cccnc2)n(-c2ccc(C(F)(F)F)c(F)c2)n1)N1CCC2(CC1)C(=O)CC(=O)N2c1ccc(F)cc1. The molecule has 2 aromatic carbocycles. The van der Waals surface area contributed by atoms with Gasteiger partial charge in [0.15, 0.2) is 11.5 Å². The minimum absolute atomic E-state index is 0.0361. The third-order valence-electron chi connectivity index (χ3n) is 7.86. The second-order valence-corrected chi connectivity index (χ2v) is 10.4. The summed E-state index contributed by atoms with van der Waals surface area (Å²) in [6, 6.07) is 12.4. The largest absolute Gasteiger partial charge is 0.419 e. The lowest BCUT2D eigenvalue weighted by Gasteiger charge is -2.43. The van der Waals surface area contributed by atoms with E-state index >= 15 is 0 Å². The Bertz CT molecular complexity index is 1730. The average Bonchev–Trinajstić information content (AvgIpc) is 3.53. The Kier molecular flexibility index (Phi) is 6.82. The molecule has 1 spiro atoms. The second kappa shape index (κ2) is 10.4. The highest BCUT2D eigenvalue weighted by molar-refractivity contribution is 6.19. The summed E-state index contributed by atoms with van der Waals surface area (Å²) in [6.07, 6.45) is -1.92. The third-order valence-corrected chi connectivity index (χ3v) is 7.86. The lowest BCUT2D eigenvalue weighted by atomic mass is 9.83. The summed E-state index contributed by atoms with van der Waals surface area (Å²) >= 11 is 0. The highest BCUT2D eigenvalue weighted by Gasteiger charge is 2.54. The van der Waals surface area contributed by atoms with Crippen LogP contribution in [-0.4, -0.2) is 55.9 Å². The van der Waals surface area contributed by atoms with Crippen molar-refractivity contribution in [1.29, 1.82) is 0 Å². The zero-order valence-corrected chi connectivity index (χ0v) is 22.3. The normalized spacial score (nSPS) is 16.8. The van der Waals surface area contributed by atoms with Gasteiger partial charge in [0, 0.05) is 42.8 Å². The van der Waals surface area contributed by atoms with Crippen LogP contribution in [-0.2, 0) is 15.8 Å². The molecule has 6 rings (SSSR count). The molecule has 2 amide bonds. The summed E-state index contributed by atoms with van der Waals surface area (Å²) in [4.78, 5) is 46.4. The van der Waals surface area contributed by atoms with E-state index in [1.165, 1.54) is 57.2 Å². The summed E-state index contributed by atoms with van der Waals surface area (Å²) in [5, 5.41) is 4.33. The van der Waals surface area contributed by atoms with Gasteiger partial charge in [-0.25, -0.2) is 13.5 Å². The molecule has 13 heteroatoms. The molecule has 0 aliphatic carbocycles. The Hall–Kier alpha value is -4.94. The van der Waals surface area contributed by atoms with Gasteiger partial charge in [-0.3, -0.25) is 24.3 Å². The molecule has 0 unspecified atom stereocenters. The predicted octanol–water partition coefficient (Wildman–Crippen LogP) is 5.21. The first kappa shape index (κ1) is 28.2. The van der Waals surface area contributed by atoms with Crippen LogP contribution in [0.5, 0.6) is 0 Å². The van der Waals surface area contributed by atoms with E-state index in [4.69, 9.17) is 0 Å². The standard InChI is InChI=1S/C30H22F5N5O3/c31-19-3-5-20(6-4-19)39-27(42)16-26(41)29(39)9-12-38(13-10-29)28(43)24-15-25(18-2-1-11-36-17-18)40(37-24)21-7-8-22(23(32)14-21)30(33,34)35/h1-8,11,14-15,17H,9-10,12-13,16H2. The molecule has 2 aliphatic rings. The highest BCUT2D eigenvalue weighted by Crippen LogP contribution is 2.40. The number of carbonyl (C=O) groups is 3. The van der Waals surface area contributed by atoms with Crippen LogP contribution in [0.4, 0.5) is 27.6 Å². The van der Waals surface area contributed by atoms with Gasteiger partial charge in [0.2, 0.25) is 5.91 Å². The number of Topliss-reactive ketones (excluding diaryl/α,β-unsaturated/α-hetero) is 1. The number of piperidine rings is 1.